The van der Waals surface area contributed by atoms with Crippen molar-refractivity contribution in [3.8, 4) is 0 Å². The Balaban J connectivity index is 1.60. The fourth-order valence-corrected chi connectivity index (χ4v) is 3.15. The maximum absolute atomic E-state index is 12.8. The van der Waals surface area contributed by atoms with Crippen LogP contribution >= 0.6 is 11.6 Å². The highest BCUT2D eigenvalue weighted by Crippen LogP contribution is 2.21. The number of fused-ring (bicyclic) bond motifs is 1. The number of benzene rings is 2. The minimum Gasteiger partial charge on any atom is -0.350 e. The van der Waals surface area contributed by atoms with E-state index in [2.05, 4.69) is 15.3 Å². The van der Waals surface area contributed by atoms with Crippen molar-refractivity contribution in [2.45, 2.75) is 12.6 Å². The van der Waals surface area contributed by atoms with Gasteiger partial charge in [0, 0.05) is 34.9 Å². The number of carbonyl (C=O) groups excluding carboxylic acids is 1. The molecule has 0 bridgehead atoms. The average molecular weight is 365 g/mol. The van der Waals surface area contributed by atoms with Gasteiger partial charge in [-0.1, -0.05) is 48.0 Å². The van der Waals surface area contributed by atoms with E-state index in [0.717, 1.165) is 16.5 Å². The Kier molecular flexibility index (Phi) is 4.46. The maximum atomic E-state index is 12.8. The molecule has 130 valence electrons. The molecule has 0 aliphatic heterocycles. The van der Waals surface area contributed by atoms with E-state index in [1.165, 1.54) is 0 Å². The lowest BCUT2D eigenvalue weighted by atomic mass is 10.1. The van der Waals surface area contributed by atoms with Crippen molar-refractivity contribution in [2.24, 2.45) is 0 Å². The second-order valence-electron chi connectivity index (χ2n) is 6.11. The SMILES string of the molecule is O=C(NC(Cn1ccnc1)c1ccccc1)c1cc2ccc(Cl)cc2[nH]1. The van der Waals surface area contributed by atoms with Crippen LogP contribution in [0.5, 0.6) is 0 Å². The first-order chi connectivity index (χ1) is 12.7. The standard InChI is InChI=1S/C20H17ClN4O/c21-16-7-6-15-10-18(23-17(15)11-16)20(26)24-19(12-25-9-8-22-13-25)14-4-2-1-3-5-14/h1-11,13,19,23H,12H2,(H,24,26). The Hall–Kier alpha value is -3.05. The number of nitrogens with one attached hydrogen (secondary N) is 2. The Morgan fingerprint density at radius 3 is 2.81 bits per heavy atom. The normalized spacial score (nSPS) is 12.2. The zero-order chi connectivity index (χ0) is 17.9. The summed E-state index contributed by atoms with van der Waals surface area (Å²) in [5, 5.41) is 4.69. The Morgan fingerprint density at radius 2 is 2.04 bits per heavy atom. The summed E-state index contributed by atoms with van der Waals surface area (Å²) in [5.41, 5.74) is 2.39. The van der Waals surface area contributed by atoms with E-state index < -0.39 is 0 Å². The van der Waals surface area contributed by atoms with Crippen LogP contribution in [0.25, 0.3) is 10.9 Å². The summed E-state index contributed by atoms with van der Waals surface area (Å²) in [6, 6.07) is 17.1. The number of hydrogen-bond donors (Lipinski definition) is 2. The number of hydrogen-bond acceptors (Lipinski definition) is 2. The molecule has 1 amide bonds. The zero-order valence-electron chi connectivity index (χ0n) is 13.9. The van der Waals surface area contributed by atoms with Gasteiger partial charge in [-0.15, -0.1) is 0 Å². The van der Waals surface area contributed by atoms with E-state index >= 15 is 0 Å². The van der Waals surface area contributed by atoms with Crippen LogP contribution in [0.15, 0.2) is 73.3 Å². The van der Waals surface area contributed by atoms with Gasteiger partial charge < -0.3 is 14.9 Å². The van der Waals surface area contributed by atoms with Crippen molar-refractivity contribution >= 4 is 28.4 Å². The van der Waals surface area contributed by atoms with Crippen LogP contribution < -0.4 is 5.32 Å². The highest BCUT2D eigenvalue weighted by Gasteiger charge is 2.17. The van der Waals surface area contributed by atoms with Crippen LogP contribution in [0.2, 0.25) is 5.02 Å². The highest BCUT2D eigenvalue weighted by molar-refractivity contribution is 6.31. The number of aromatic amines is 1. The number of carbonyl (C=O) groups is 1. The number of H-pyrrole nitrogens is 1. The van der Waals surface area contributed by atoms with Gasteiger partial charge in [0.05, 0.1) is 12.4 Å². The Bertz CT molecular complexity index is 1020. The summed E-state index contributed by atoms with van der Waals surface area (Å²) >= 11 is 6.02. The van der Waals surface area contributed by atoms with Crippen LogP contribution in [0, 0.1) is 0 Å². The Morgan fingerprint density at radius 1 is 1.19 bits per heavy atom. The summed E-state index contributed by atoms with van der Waals surface area (Å²) < 4.78 is 1.95. The summed E-state index contributed by atoms with van der Waals surface area (Å²) in [6.07, 6.45) is 5.35. The van der Waals surface area contributed by atoms with Crippen LogP contribution in [0.4, 0.5) is 0 Å². The van der Waals surface area contributed by atoms with Crippen LogP contribution in [-0.4, -0.2) is 20.4 Å². The lowest BCUT2D eigenvalue weighted by Crippen LogP contribution is -2.31. The van der Waals surface area contributed by atoms with Crippen molar-refractivity contribution in [1.82, 2.24) is 19.9 Å². The summed E-state index contributed by atoms with van der Waals surface area (Å²) in [6.45, 7) is 0.599. The molecule has 0 aliphatic carbocycles. The van der Waals surface area contributed by atoms with E-state index in [-0.39, 0.29) is 11.9 Å². The smallest absolute Gasteiger partial charge is 0.268 e. The third kappa shape index (κ3) is 3.48. The molecule has 6 heteroatoms. The van der Waals surface area contributed by atoms with E-state index in [9.17, 15) is 4.79 Å². The maximum Gasteiger partial charge on any atom is 0.268 e. The molecule has 4 rings (SSSR count). The molecular formula is C20H17ClN4O. The van der Waals surface area contributed by atoms with Gasteiger partial charge in [0.25, 0.3) is 5.91 Å². The van der Waals surface area contributed by atoms with Gasteiger partial charge in [-0.3, -0.25) is 4.79 Å². The molecule has 0 aliphatic rings. The predicted molar refractivity (Wildman–Crippen MR) is 102 cm³/mol. The molecule has 1 unspecified atom stereocenters. The monoisotopic (exact) mass is 364 g/mol. The fraction of sp³-hybridized carbons (Fsp3) is 0.100. The first kappa shape index (κ1) is 16.4. The van der Waals surface area contributed by atoms with Gasteiger partial charge in [0.15, 0.2) is 0 Å². The lowest BCUT2D eigenvalue weighted by molar-refractivity contribution is 0.0928. The summed E-state index contributed by atoms with van der Waals surface area (Å²) in [4.78, 5) is 20.0. The van der Waals surface area contributed by atoms with E-state index in [1.54, 1.807) is 12.5 Å². The molecule has 2 aromatic heterocycles. The molecule has 0 fully saturated rings. The van der Waals surface area contributed by atoms with Gasteiger partial charge in [0.1, 0.15) is 5.69 Å². The molecule has 0 saturated heterocycles. The van der Waals surface area contributed by atoms with Crippen molar-refractivity contribution in [3.63, 3.8) is 0 Å². The topological polar surface area (TPSA) is 62.7 Å². The Labute approximate surface area is 155 Å². The van der Waals surface area contributed by atoms with Gasteiger partial charge in [-0.25, -0.2) is 4.98 Å². The highest BCUT2D eigenvalue weighted by atomic mass is 35.5. The van der Waals surface area contributed by atoms with Crippen molar-refractivity contribution in [2.75, 3.05) is 0 Å². The minimum absolute atomic E-state index is 0.161. The van der Waals surface area contributed by atoms with Gasteiger partial charge in [-0.05, 0) is 23.8 Å². The summed E-state index contributed by atoms with van der Waals surface area (Å²) in [5.74, 6) is -0.161. The molecule has 0 saturated carbocycles. The second kappa shape index (κ2) is 7.06. The second-order valence-corrected chi connectivity index (χ2v) is 6.55. The minimum atomic E-state index is -0.173. The first-order valence-electron chi connectivity index (χ1n) is 8.29. The quantitative estimate of drug-likeness (QED) is 0.557. The van der Waals surface area contributed by atoms with E-state index in [0.29, 0.717) is 17.3 Å². The first-order valence-corrected chi connectivity index (χ1v) is 8.67. The van der Waals surface area contributed by atoms with E-state index in [1.807, 2.05) is 65.4 Å². The number of rotatable bonds is 5. The number of imidazole rings is 1. The van der Waals surface area contributed by atoms with Gasteiger partial charge >= 0.3 is 0 Å². The largest absolute Gasteiger partial charge is 0.350 e. The molecule has 0 spiro atoms. The third-order valence-corrected chi connectivity index (χ3v) is 4.52. The van der Waals surface area contributed by atoms with Crippen molar-refractivity contribution in [3.05, 3.63) is 89.6 Å². The average Bonchev–Trinajstić information content (AvgIpc) is 3.31. The molecule has 26 heavy (non-hydrogen) atoms. The third-order valence-electron chi connectivity index (χ3n) is 4.29. The van der Waals surface area contributed by atoms with Gasteiger partial charge in [-0.2, -0.15) is 0 Å². The molecule has 1 atom stereocenters. The molecular weight excluding hydrogens is 348 g/mol. The molecule has 0 radical (unpaired) electrons. The number of aromatic nitrogens is 3. The predicted octanol–water partition coefficient (Wildman–Crippen LogP) is 4.19. The van der Waals surface area contributed by atoms with Crippen LogP contribution in [0.1, 0.15) is 22.1 Å². The van der Waals surface area contributed by atoms with Crippen molar-refractivity contribution in [1.29, 1.82) is 0 Å². The summed E-state index contributed by atoms with van der Waals surface area (Å²) in [7, 11) is 0. The van der Waals surface area contributed by atoms with Crippen molar-refractivity contribution < 1.29 is 4.79 Å². The molecule has 2 heterocycles. The van der Waals surface area contributed by atoms with Crippen LogP contribution in [-0.2, 0) is 6.54 Å². The van der Waals surface area contributed by atoms with E-state index in [4.69, 9.17) is 11.6 Å². The zero-order valence-corrected chi connectivity index (χ0v) is 14.6. The fourth-order valence-electron chi connectivity index (χ4n) is 2.98. The number of halogens is 1. The lowest BCUT2D eigenvalue weighted by Gasteiger charge is -2.19. The van der Waals surface area contributed by atoms with Crippen LogP contribution in [0.3, 0.4) is 0 Å². The molecule has 5 nitrogen and oxygen atoms in total. The number of nitrogens with zero attached hydrogens (tertiary/aromatic N) is 2. The number of amides is 1. The molecule has 4 aromatic rings. The van der Waals surface area contributed by atoms with Gasteiger partial charge in [0.2, 0.25) is 0 Å². The molecule has 2 N–H and O–H groups in total. The molecule has 2 aromatic carbocycles.